The Morgan fingerprint density at radius 1 is 1.27 bits per heavy atom. The fourth-order valence-electron chi connectivity index (χ4n) is 3.09. The highest BCUT2D eigenvalue weighted by atomic mass is 19.4. The van der Waals surface area contributed by atoms with E-state index < -0.39 is 11.9 Å². The number of nitrogens with zero attached hydrogens (tertiary/aromatic N) is 3. The monoisotopic (exact) mass is 364 g/mol. The molecule has 3 rings (SSSR count). The normalized spacial score (nSPS) is 17.7. The van der Waals surface area contributed by atoms with E-state index in [1.807, 2.05) is 36.2 Å². The number of nitrogens with one attached hydrogen (secondary N) is 1. The number of carbonyl (C=O) groups is 1. The molecule has 1 N–H and O–H groups in total. The van der Waals surface area contributed by atoms with Crippen molar-refractivity contribution in [3.8, 4) is 0 Å². The molecule has 1 aromatic carbocycles. The Morgan fingerprint density at radius 3 is 2.65 bits per heavy atom. The molecule has 0 bridgehead atoms. The Kier molecular flexibility index (Phi) is 4.95. The largest absolute Gasteiger partial charge is 0.433 e. The average Bonchev–Trinajstić information content (AvgIpc) is 2.58. The maximum absolute atomic E-state index is 12.8. The molecular formula is C18H19F3N4O. The first-order chi connectivity index (χ1) is 12.2. The van der Waals surface area contributed by atoms with Crippen LogP contribution in [-0.4, -0.2) is 33.9 Å². The molecular weight excluding hydrogens is 345 g/mol. The van der Waals surface area contributed by atoms with Crippen LogP contribution in [0.1, 0.15) is 28.3 Å². The third kappa shape index (κ3) is 4.01. The molecule has 2 aromatic rings. The van der Waals surface area contributed by atoms with Gasteiger partial charge in [0, 0.05) is 12.2 Å². The predicted octanol–water partition coefficient (Wildman–Crippen LogP) is 2.48. The van der Waals surface area contributed by atoms with Crippen molar-refractivity contribution in [2.24, 2.45) is 0 Å². The highest BCUT2D eigenvalue weighted by Crippen LogP contribution is 2.27. The summed E-state index contributed by atoms with van der Waals surface area (Å²) >= 11 is 0. The van der Waals surface area contributed by atoms with Crippen molar-refractivity contribution in [3.05, 3.63) is 58.7 Å². The Labute approximate surface area is 149 Å². The van der Waals surface area contributed by atoms with Gasteiger partial charge in [0.15, 0.2) is 0 Å². The molecule has 0 aliphatic carbocycles. The van der Waals surface area contributed by atoms with Crippen LogP contribution in [-0.2, 0) is 30.5 Å². The summed E-state index contributed by atoms with van der Waals surface area (Å²) < 4.78 is 38.5. The minimum atomic E-state index is -4.54. The third-order valence-electron chi connectivity index (χ3n) is 4.40. The van der Waals surface area contributed by atoms with E-state index in [0.29, 0.717) is 13.0 Å². The smallest absolute Gasteiger partial charge is 0.347 e. The van der Waals surface area contributed by atoms with Crippen molar-refractivity contribution >= 4 is 5.91 Å². The van der Waals surface area contributed by atoms with Crippen LogP contribution in [0.15, 0.2) is 30.3 Å². The van der Waals surface area contributed by atoms with Crippen LogP contribution in [0.4, 0.5) is 13.2 Å². The molecule has 138 valence electrons. The van der Waals surface area contributed by atoms with Crippen LogP contribution in [0.3, 0.4) is 0 Å². The summed E-state index contributed by atoms with van der Waals surface area (Å²) in [5, 5.41) is 2.66. The van der Waals surface area contributed by atoms with Crippen molar-refractivity contribution in [1.29, 1.82) is 0 Å². The Morgan fingerprint density at radius 2 is 1.96 bits per heavy atom. The number of carbonyl (C=O) groups excluding carboxylic acids is 1. The number of amides is 1. The summed E-state index contributed by atoms with van der Waals surface area (Å²) in [5.41, 5.74) is 1.49. The number of aromatic nitrogens is 2. The second-order valence-electron chi connectivity index (χ2n) is 6.43. The van der Waals surface area contributed by atoms with Crippen LogP contribution < -0.4 is 5.32 Å². The third-order valence-corrected chi connectivity index (χ3v) is 4.40. The minimum absolute atomic E-state index is 0.0514. The van der Waals surface area contributed by atoms with E-state index in [2.05, 4.69) is 15.3 Å². The van der Waals surface area contributed by atoms with Gasteiger partial charge in [-0.1, -0.05) is 24.3 Å². The molecule has 0 spiro atoms. The van der Waals surface area contributed by atoms with Gasteiger partial charge in [-0.2, -0.15) is 13.2 Å². The zero-order valence-electron chi connectivity index (χ0n) is 14.5. The van der Waals surface area contributed by atoms with E-state index in [-0.39, 0.29) is 30.0 Å². The topological polar surface area (TPSA) is 58.1 Å². The van der Waals surface area contributed by atoms with Crippen molar-refractivity contribution in [3.63, 3.8) is 0 Å². The average molecular weight is 364 g/mol. The van der Waals surface area contributed by atoms with Gasteiger partial charge in [0.1, 0.15) is 11.5 Å². The van der Waals surface area contributed by atoms with E-state index in [4.69, 9.17) is 0 Å². The van der Waals surface area contributed by atoms with Gasteiger partial charge in [-0.05, 0) is 37.6 Å². The lowest BCUT2D eigenvalue weighted by Crippen LogP contribution is -2.48. The van der Waals surface area contributed by atoms with Gasteiger partial charge >= 0.3 is 6.18 Å². The van der Waals surface area contributed by atoms with Gasteiger partial charge < -0.3 is 5.32 Å². The minimum Gasteiger partial charge on any atom is -0.347 e. The number of rotatable bonds is 3. The first kappa shape index (κ1) is 18.3. The van der Waals surface area contributed by atoms with Crippen molar-refractivity contribution in [1.82, 2.24) is 20.2 Å². The van der Waals surface area contributed by atoms with E-state index in [9.17, 15) is 18.0 Å². The molecule has 0 fully saturated rings. The first-order valence-corrected chi connectivity index (χ1v) is 8.20. The maximum Gasteiger partial charge on any atom is 0.433 e. The Bertz CT molecular complexity index is 822. The summed E-state index contributed by atoms with van der Waals surface area (Å²) in [6, 6.07) is 8.41. The van der Waals surface area contributed by atoms with Crippen molar-refractivity contribution in [2.45, 2.75) is 38.7 Å². The summed E-state index contributed by atoms with van der Waals surface area (Å²) in [4.78, 5) is 21.9. The Hall–Kier alpha value is -2.48. The number of alkyl halides is 3. The molecule has 0 saturated heterocycles. The number of halogens is 3. The second-order valence-corrected chi connectivity index (χ2v) is 6.43. The predicted molar refractivity (Wildman–Crippen MR) is 89.0 cm³/mol. The molecule has 8 heteroatoms. The van der Waals surface area contributed by atoms with Gasteiger partial charge in [0.2, 0.25) is 5.91 Å². The molecule has 1 aromatic heterocycles. The molecule has 0 radical (unpaired) electrons. The summed E-state index contributed by atoms with van der Waals surface area (Å²) in [7, 11) is 1.85. The number of hydrogen-bond donors (Lipinski definition) is 1. The van der Waals surface area contributed by atoms with Gasteiger partial charge in [-0.3, -0.25) is 9.69 Å². The van der Waals surface area contributed by atoms with Gasteiger partial charge in [-0.25, -0.2) is 9.97 Å². The molecule has 5 nitrogen and oxygen atoms in total. The quantitative estimate of drug-likeness (QED) is 0.909. The zero-order chi connectivity index (χ0) is 18.9. The number of fused-ring (bicyclic) bond motifs is 1. The fraction of sp³-hybridized carbons (Fsp3) is 0.389. The lowest BCUT2D eigenvalue weighted by Gasteiger charge is -2.32. The summed E-state index contributed by atoms with van der Waals surface area (Å²) in [6.07, 6.45) is -3.99. The molecule has 1 atom stereocenters. The lowest BCUT2D eigenvalue weighted by molar-refractivity contribution is -0.141. The van der Waals surface area contributed by atoms with Gasteiger partial charge in [-0.15, -0.1) is 0 Å². The second kappa shape index (κ2) is 7.03. The summed E-state index contributed by atoms with van der Waals surface area (Å²) in [6.45, 7) is 1.97. The molecule has 1 aliphatic rings. The highest BCUT2D eigenvalue weighted by Gasteiger charge is 2.33. The molecule has 0 unspecified atom stereocenters. The van der Waals surface area contributed by atoms with Crippen LogP contribution >= 0.6 is 0 Å². The van der Waals surface area contributed by atoms with Crippen LogP contribution in [0.2, 0.25) is 0 Å². The summed E-state index contributed by atoms with van der Waals surface area (Å²) in [5.74, 6) is -0.301. The van der Waals surface area contributed by atoms with Gasteiger partial charge in [0.05, 0.1) is 12.6 Å². The van der Waals surface area contributed by atoms with Crippen molar-refractivity contribution in [2.75, 3.05) is 7.05 Å². The Balaban J connectivity index is 1.69. The van der Waals surface area contributed by atoms with Crippen LogP contribution in [0.5, 0.6) is 0 Å². The number of aryl methyl sites for hydroxylation is 1. The molecule has 26 heavy (non-hydrogen) atoms. The van der Waals surface area contributed by atoms with Crippen LogP contribution in [0, 0.1) is 6.92 Å². The fourth-order valence-corrected chi connectivity index (χ4v) is 3.09. The van der Waals surface area contributed by atoms with Crippen molar-refractivity contribution < 1.29 is 18.0 Å². The van der Waals surface area contributed by atoms with E-state index in [1.165, 1.54) is 12.5 Å². The van der Waals surface area contributed by atoms with E-state index in [0.717, 1.165) is 11.6 Å². The zero-order valence-corrected chi connectivity index (χ0v) is 14.5. The standard InChI is InChI=1S/C18H19F3N4O/c1-11-7-15(18(19,20)21)24-16(23-11)9-22-17(26)14-8-12-5-3-4-6-13(12)10-25(14)2/h3-7,14H,8-10H2,1-2H3,(H,22,26)/t14-/m0/s1. The first-order valence-electron chi connectivity index (χ1n) is 8.20. The SMILES string of the molecule is Cc1cc(C(F)(F)F)nc(CNC(=O)[C@@H]2Cc3ccccc3CN2C)n1. The maximum atomic E-state index is 12.8. The highest BCUT2D eigenvalue weighted by molar-refractivity contribution is 5.82. The van der Waals surface area contributed by atoms with Crippen LogP contribution in [0.25, 0.3) is 0 Å². The molecule has 1 aliphatic heterocycles. The molecule has 1 amide bonds. The molecule has 2 heterocycles. The number of hydrogen-bond acceptors (Lipinski definition) is 4. The molecule has 0 saturated carbocycles. The lowest BCUT2D eigenvalue weighted by atomic mass is 9.94. The van der Waals surface area contributed by atoms with Gasteiger partial charge in [0.25, 0.3) is 0 Å². The van der Waals surface area contributed by atoms with E-state index in [1.54, 1.807) is 0 Å². The van der Waals surface area contributed by atoms with E-state index >= 15 is 0 Å². The number of benzene rings is 1. The number of likely N-dealkylation sites (N-methyl/N-ethyl adjacent to an activating group) is 1.